The van der Waals surface area contributed by atoms with Gasteiger partial charge in [0.25, 0.3) is 0 Å². The molecule has 0 amide bonds. The van der Waals surface area contributed by atoms with Crippen molar-refractivity contribution in [3.05, 3.63) is 96.3 Å². The number of imidazole rings is 1. The fourth-order valence-electron chi connectivity index (χ4n) is 3.82. The molecule has 0 spiro atoms. The largest absolute Gasteiger partial charge is 0.497 e. The first-order chi connectivity index (χ1) is 15.6. The Morgan fingerprint density at radius 1 is 0.688 bits per heavy atom. The zero-order chi connectivity index (χ0) is 22.1. The van der Waals surface area contributed by atoms with Crippen LogP contribution in [0.25, 0.3) is 39.2 Å². The van der Waals surface area contributed by atoms with Gasteiger partial charge in [0.2, 0.25) is 0 Å². The predicted molar refractivity (Wildman–Crippen MR) is 130 cm³/mol. The molecule has 5 rings (SSSR count). The minimum atomic E-state index is 0.701. The Morgan fingerprint density at radius 3 is 2.03 bits per heavy atom. The van der Waals surface area contributed by atoms with Crippen molar-refractivity contribution in [1.82, 2.24) is 9.38 Å². The van der Waals surface area contributed by atoms with E-state index in [1.54, 1.807) is 14.2 Å². The number of nitrogens with zero attached hydrogens (tertiary/aromatic N) is 2. The van der Waals surface area contributed by atoms with Gasteiger partial charge in [0.05, 0.1) is 19.9 Å². The van der Waals surface area contributed by atoms with Gasteiger partial charge in [0, 0.05) is 34.6 Å². The molecular formula is C27H21ClN2O2. The van der Waals surface area contributed by atoms with Crippen LogP contribution in [0, 0.1) is 0 Å². The molecule has 0 atom stereocenters. The van der Waals surface area contributed by atoms with Crippen molar-refractivity contribution in [3.63, 3.8) is 0 Å². The quantitative estimate of drug-likeness (QED) is 0.295. The Morgan fingerprint density at radius 2 is 1.38 bits per heavy atom. The fraction of sp³-hybridized carbons (Fsp3) is 0.0741. The van der Waals surface area contributed by atoms with Crippen molar-refractivity contribution < 1.29 is 9.47 Å². The van der Waals surface area contributed by atoms with Crippen LogP contribution in [0.2, 0.25) is 5.02 Å². The fourth-order valence-corrected chi connectivity index (χ4v) is 3.95. The third-order valence-electron chi connectivity index (χ3n) is 5.46. The SMILES string of the molecule is COc1cc(OC)cc(-c2cc(-c3ccc(Cl)cc3)c3nc(-c4ccccc4)cn3c2)c1. The molecule has 5 heteroatoms. The number of rotatable bonds is 5. The van der Waals surface area contributed by atoms with E-state index >= 15 is 0 Å². The molecule has 0 unspecified atom stereocenters. The van der Waals surface area contributed by atoms with Crippen LogP contribution in [0.3, 0.4) is 0 Å². The summed E-state index contributed by atoms with van der Waals surface area (Å²) >= 11 is 6.15. The van der Waals surface area contributed by atoms with E-state index in [1.807, 2.05) is 60.7 Å². The standard InChI is InChI=1S/C27H21ClN2O2/c1-31-23-12-20(13-24(15-23)32-2)21-14-25(18-8-10-22(28)11-9-18)27-29-26(17-30(27)16-21)19-6-4-3-5-7-19/h3-17H,1-2H3. The maximum absolute atomic E-state index is 6.15. The first kappa shape index (κ1) is 20.2. The molecule has 32 heavy (non-hydrogen) atoms. The topological polar surface area (TPSA) is 35.8 Å². The minimum Gasteiger partial charge on any atom is -0.497 e. The van der Waals surface area contributed by atoms with Crippen molar-refractivity contribution in [2.75, 3.05) is 14.2 Å². The van der Waals surface area contributed by atoms with E-state index in [4.69, 9.17) is 26.1 Å². The molecule has 158 valence electrons. The van der Waals surface area contributed by atoms with Gasteiger partial charge >= 0.3 is 0 Å². The van der Waals surface area contributed by atoms with E-state index in [0.717, 1.165) is 50.7 Å². The summed E-state index contributed by atoms with van der Waals surface area (Å²) < 4.78 is 13.0. The number of hydrogen-bond donors (Lipinski definition) is 0. The van der Waals surface area contributed by atoms with Crippen molar-refractivity contribution in [1.29, 1.82) is 0 Å². The molecule has 0 aliphatic heterocycles. The number of fused-ring (bicyclic) bond motifs is 1. The third-order valence-corrected chi connectivity index (χ3v) is 5.71. The van der Waals surface area contributed by atoms with Crippen LogP contribution in [-0.2, 0) is 0 Å². The minimum absolute atomic E-state index is 0.701. The highest BCUT2D eigenvalue weighted by Gasteiger charge is 2.14. The number of benzene rings is 3. The van der Waals surface area contributed by atoms with E-state index in [2.05, 4.69) is 35.0 Å². The van der Waals surface area contributed by atoms with Gasteiger partial charge in [-0.1, -0.05) is 54.1 Å². The maximum Gasteiger partial charge on any atom is 0.145 e. The molecule has 4 nitrogen and oxygen atoms in total. The molecule has 0 bridgehead atoms. The Hall–Kier alpha value is -3.76. The van der Waals surface area contributed by atoms with E-state index in [-0.39, 0.29) is 0 Å². The molecule has 3 aromatic carbocycles. The Labute approximate surface area is 191 Å². The normalized spacial score (nSPS) is 11.0. The van der Waals surface area contributed by atoms with Crippen LogP contribution in [0.5, 0.6) is 11.5 Å². The van der Waals surface area contributed by atoms with E-state index in [9.17, 15) is 0 Å². The smallest absolute Gasteiger partial charge is 0.145 e. The van der Waals surface area contributed by atoms with Crippen molar-refractivity contribution in [3.8, 4) is 45.0 Å². The number of methoxy groups -OCH3 is 2. The summed E-state index contributed by atoms with van der Waals surface area (Å²) in [5.41, 5.74) is 6.95. The predicted octanol–water partition coefficient (Wildman–Crippen LogP) is 7.01. The second kappa shape index (κ2) is 8.40. The van der Waals surface area contributed by atoms with Gasteiger partial charge in [-0.2, -0.15) is 0 Å². The Balaban J connectivity index is 1.75. The number of pyridine rings is 1. The van der Waals surface area contributed by atoms with Crippen molar-refractivity contribution in [2.24, 2.45) is 0 Å². The van der Waals surface area contributed by atoms with Gasteiger partial charge in [-0.05, 0) is 47.0 Å². The number of ether oxygens (including phenoxy) is 2. The highest BCUT2D eigenvalue weighted by atomic mass is 35.5. The number of halogens is 1. The number of hydrogen-bond acceptors (Lipinski definition) is 3. The lowest BCUT2D eigenvalue weighted by Crippen LogP contribution is -1.93. The van der Waals surface area contributed by atoms with Crippen LogP contribution in [-0.4, -0.2) is 23.6 Å². The lowest BCUT2D eigenvalue weighted by Gasteiger charge is -2.12. The van der Waals surface area contributed by atoms with Crippen molar-refractivity contribution in [2.45, 2.75) is 0 Å². The summed E-state index contributed by atoms with van der Waals surface area (Å²) in [6.07, 6.45) is 4.15. The Kier molecular flexibility index (Phi) is 5.29. The van der Waals surface area contributed by atoms with Gasteiger partial charge < -0.3 is 13.9 Å². The van der Waals surface area contributed by atoms with Gasteiger partial charge in [-0.15, -0.1) is 0 Å². The van der Waals surface area contributed by atoms with Gasteiger partial charge in [-0.3, -0.25) is 0 Å². The zero-order valence-corrected chi connectivity index (χ0v) is 18.5. The van der Waals surface area contributed by atoms with Gasteiger partial charge in [0.1, 0.15) is 17.1 Å². The second-order valence-electron chi connectivity index (χ2n) is 7.47. The lowest BCUT2D eigenvalue weighted by molar-refractivity contribution is 0.394. The molecule has 0 N–H and O–H groups in total. The molecule has 0 saturated heterocycles. The van der Waals surface area contributed by atoms with E-state index in [1.165, 1.54) is 0 Å². The summed E-state index contributed by atoms with van der Waals surface area (Å²) in [6.45, 7) is 0. The van der Waals surface area contributed by atoms with Crippen molar-refractivity contribution >= 4 is 17.2 Å². The summed E-state index contributed by atoms with van der Waals surface area (Å²) in [7, 11) is 3.31. The van der Waals surface area contributed by atoms with Gasteiger partial charge in [0.15, 0.2) is 0 Å². The van der Waals surface area contributed by atoms with Crippen LogP contribution < -0.4 is 9.47 Å². The highest BCUT2D eigenvalue weighted by molar-refractivity contribution is 6.30. The second-order valence-corrected chi connectivity index (χ2v) is 7.91. The molecule has 2 heterocycles. The molecule has 0 saturated carbocycles. The molecule has 0 fully saturated rings. The number of aromatic nitrogens is 2. The van der Waals surface area contributed by atoms with E-state index in [0.29, 0.717) is 5.02 Å². The van der Waals surface area contributed by atoms with Gasteiger partial charge in [-0.25, -0.2) is 4.98 Å². The van der Waals surface area contributed by atoms with Crippen LogP contribution >= 0.6 is 11.6 Å². The zero-order valence-electron chi connectivity index (χ0n) is 17.7. The molecular weight excluding hydrogens is 420 g/mol. The van der Waals surface area contributed by atoms with Crippen LogP contribution in [0.1, 0.15) is 0 Å². The molecule has 5 aromatic rings. The lowest BCUT2D eigenvalue weighted by atomic mass is 10.0. The summed E-state index contributed by atoms with van der Waals surface area (Å²) in [5, 5.41) is 0.701. The van der Waals surface area contributed by atoms with Crippen LogP contribution in [0.4, 0.5) is 0 Å². The maximum atomic E-state index is 6.15. The molecule has 0 aliphatic carbocycles. The monoisotopic (exact) mass is 440 g/mol. The first-order valence-corrected chi connectivity index (χ1v) is 10.6. The first-order valence-electron chi connectivity index (χ1n) is 10.2. The van der Waals surface area contributed by atoms with E-state index < -0.39 is 0 Å². The average Bonchev–Trinajstić information content (AvgIpc) is 3.28. The molecule has 0 radical (unpaired) electrons. The molecule has 2 aromatic heterocycles. The summed E-state index contributed by atoms with van der Waals surface area (Å²) in [4.78, 5) is 4.96. The summed E-state index contributed by atoms with van der Waals surface area (Å²) in [6, 6.07) is 26.0. The average molecular weight is 441 g/mol. The highest BCUT2D eigenvalue weighted by Crippen LogP contribution is 2.35. The van der Waals surface area contributed by atoms with Crippen LogP contribution in [0.15, 0.2) is 91.3 Å². The third kappa shape index (κ3) is 3.81. The Bertz CT molecular complexity index is 1370. The summed E-state index contributed by atoms with van der Waals surface area (Å²) in [5.74, 6) is 1.48. The molecule has 0 aliphatic rings.